The quantitative estimate of drug-likeness (QED) is 0.472. The van der Waals surface area contributed by atoms with Crippen molar-refractivity contribution >= 4 is 21.0 Å². The van der Waals surface area contributed by atoms with Crippen LogP contribution < -0.4 is 0 Å². The monoisotopic (exact) mass is 228 g/mol. The molecule has 0 amide bonds. The van der Waals surface area contributed by atoms with Crippen molar-refractivity contribution in [3.63, 3.8) is 0 Å². The first-order chi connectivity index (χ1) is 5.22. The molecule has 0 aromatic heterocycles. The second-order valence-corrected chi connectivity index (χ2v) is 5.05. The molecule has 0 heterocycles. The van der Waals surface area contributed by atoms with E-state index in [0.717, 1.165) is 21.0 Å². The summed E-state index contributed by atoms with van der Waals surface area (Å²) in [4.78, 5) is 0. The van der Waals surface area contributed by atoms with Crippen LogP contribution in [-0.4, -0.2) is 44.8 Å². The van der Waals surface area contributed by atoms with Gasteiger partial charge in [-0.05, 0) is 0 Å². The fourth-order valence-corrected chi connectivity index (χ4v) is 0.0804. The van der Waals surface area contributed by atoms with Gasteiger partial charge in [0.15, 0.2) is 6.67 Å². The van der Waals surface area contributed by atoms with Crippen LogP contribution in [0.3, 0.4) is 0 Å². The SMILES string of the molecule is OC(F)(F)C(F)(F)CF.[SiH3]O[SiH3]. The summed E-state index contributed by atoms with van der Waals surface area (Å²) in [5.74, 6) is -4.97. The normalized spacial score (nSPS) is 12.5. The molecule has 76 valence electrons. The molecule has 0 aliphatic carbocycles. The maximum Gasteiger partial charge on any atom is 0.419 e. The lowest BCUT2D eigenvalue weighted by Crippen LogP contribution is -2.41. The van der Waals surface area contributed by atoms with Crippen molar-refractivity contribution in [2.45, 2.75) is 12.0 Å². The van der Waals surface area contributed by atoms with Gasteiger partial charge in [0.2, 0.25) is 0 Å². The molecule has 0 fully saturated rings. The summed E-state index contributed by atoms with van der Waals surface area (Å²) in [5.41, 5.74) is 0. The van der Waals surface area contributed by atoms with E-state index in [4.69, 9.17) is 5.11 Å². The Morgan fingerprint density at radius 2 is 1.42 bits per heavy atom. The second-order valence-electron chi connectivity index (χ2n) is 1.79. The minimum absolute atomic E-state index is 0.931. The van der Waals surface area contributed by atoms with Crippen LogP contribution in [0.5, 0.6) is 0 Å². The molecule has 0 atom stereocenters. The van der Waals surface area contributed by atoms with E-state index < -0.39 is 18.7 Å². The molecule has 0 aliphatic rings. The van der Waals surface area contributed by atoms with Crippen molar-refractivity contribution < 1.29 is 31.2 Å². The van der Waals surface area contributed by atoms with E-state index in [-0.39, 0.29) is 0 Å². The Balaban J connectivity index is 0. The molecule has 0 aliphatic heterocycles. The molecule has 0 saturated carbocycles. The lowest BCUT2D eigenvalue weighted by Gasteiger charge is -2.16. The summed E-state index contributed by atoms with van der Waals surface area (Å²) in [6.45, 7) is -2.57. The first-order valence-electron chi connectivity index (χ1n) is 2.67. The molecular weight excluding hydrogens is 219 g/mol. The van der Waals surface area contributed by atoms with Gasteiger partial charge in [0.25, 0.3) is 0 Å². The summed E-state index contributed by atoms with van der Waals surface area (Å²) in [6, 6.07) is 0. The highest BCUT2D eigenvalue weighted by Gasteiger charge is 2.55. The maximum absolute atomic E-state index is 11.3. The molecule has 1 N–H and O–H groups in total. The largest absolute Gasteiger partial charge is 0.471 e. The molecule has 2 nitrogen and oxygen atoms in total. The van der Waals surface area contributed by atoms with Gasteiger partial charge in [-0.3, -0.25) is 0 Å². The molecule has 0 radical (unpaired) electrons. The van der Waals surface area contributed by atoms with Gasteiger partial charge in [-0.2, -0.15) is 17.6 Å². The Labute approximate surface area is 71.8 Å². The number of aliphatic hydroxyl groups is 1. The zero-order valence-corrected chi connectivity index (χ0v) is 10.5. The van der Waals surface area contributed by atoms with Crippen LogP contribution in [0.2, 0.25) is 0 Å². The van der Waals surface area contributed by atoms with Crippen LogP contribution in [0.1, 0.15) is 0 Å². The minimum atomic E-state index is -5.26. The second kappa shape index (κ2) is 5.62. The van der Waals surface area contributed by atoms with Crippen molar-refractivity contribution in [2.75, 3.05) is 6.67 Å². The molecule has 12 heavy (non-hydrogen) atoms. The Hall–Kier alpha value is 0.00377. The molecule has 0 saturated heterocycles. The van der Waals surface area contributed by atoms with Gasteiger partial charge >= 0.3 is 12.0 Å². The minimum Gasteiger partial charge on any atom is -0.471 e. The van der Waals surface area contributed by atoms with Crippen molar-refractivity contribution in [3.8, 4) is 0 Å². The van der Waals surface area contributed by atoms with E-state index in [1.165, 1.54) is 0 Å². The van der Waals surface area contributed by atoms with Crippen LogP contribution in [-0.2, 0) is 4.12 Å². The summed E-state index contributed by atoms with van der Waals surface area (Å²) < 4.78 is 60.1. The highest BCUT2D eigenvalue weighted by molar-refractivity contribution is 6.15. The van der Waals surface area contributed by atoms with Gasteiger partial charge in [0.05, 0.1) is 0 Å². The zero-order chi connectivity index (χ0) is 10.4. The number of rotatable bonds is 2. The van der Waals surface area contributed by atoms with E-state index in [1.807, 2.05) is 0 Å². The van der Waals surface area contributed by atoms with E-state index in [2.05, 4.69) is 4.12 Å². The molecule has 0 spiro atoms. The molecule has 0 rings (SSSR count). The van der Waals surface area contributed by atoms with Gasteiger partial charge in [-0.15, -0.1) is 0 Å². The van der Waals surface area contributed by atoms with Gasteiger partial charge < -0.3 is 9.22 Å². The Bertz CT molecular complexity index is 116. The predicted octanol–water partition coefficient (Wildman–Crippen LogP) is -1.26. The lowest BCUT2D eigenvalue weighted by atomic mass is 10.3. The van der Waals surface area contributed by atoms with Crippen LogP contribution in [0, 0.1) is 0 Å². The number of hydrogen-bond donors (Lipinski definition) is 1. The van der Waals surface area contributed by atoms with Gasteiger partial charge in [0, 0.05) is 0 Å². The van der Waals surface area contributed by atoms with E-state index in [9.17, 15) is 22.0 Å². The molecule has 0 aromatic rings. The third kappa shape index (κ3) is 5.63. The van der Waals surface area contributed by atoms with E-state index >= 15 is 0 Å². The average Bonchev–Trinajstić information content (AvgIpc) is 1.87. The fourth-order valence-electron chi connectivity index (χ4n) is 0.0804. The average molecular weight is 228 g/mol. The summed E-state index contributed by atoms with van der Waals surface area (Å²) >= 11 is 0. The van der Waals surface area contributed by atoms with Gasteiger partial charge in [-0.1, -0.05) is 0 Å². The van der Waals surface area contributed by atoms with Crippen molar-refractivity contribution in [1.29, 1.82) is 0 Å². The predicted molar refractivity (Wildman–Crippen MR) is 39.1 cm³/mol. The third-order valence-electron chi connectivity index (χ3n) is 0.608. The third-order valence-corrected chi connectivity index (χ3v) is 0.608. The highest BCUT2D eigenvalue weighted by atomic mass is 28.3. The van der Waals surface area contributed by atoms with Gasteiger partial charge in [0.1, 0.15) is 21.0 Å². The van der Waals surface area contributed by atoms with Crippen LogP contribution in [0.4, 0.5) is 22.0 Å². The molecule has 0 unspecified atom stereocenters. The van der Waals surface area contributed by atoms with Crippen molar-refractivity contribution in [1.82, 2.24) is 0 Å². The van der Waals surface area contributed by atoms with E-state index in [1.54, 1.807) is 0 Å². The first-order valence-corrected chi connectivity index (χ1v) is 4.30. The number of halogens is 5. The van der Waals surface area contributed by atoms with Crippen molar-refractivity contribution in [3.05, 3.63) is 0 Å². The van der Waals surface area contributed by atoms with Crippen LogP contribution in [0.15, 0.2) is 0 Å². The lowest BCUT2D eigenvalue weighted by molar-refractivity contribution is -0.328. The Morgan fingerprint density at radius 1 is 1.17 bits per heavy atom. The Morgan fingerprint density at radius 3 is 1.42 bits per heavy atom. The Kier molecular flexibility index (Phi) is 6.80. The molecule has 0 aromatic carbocycles. The van der Waals surface area contributed by atoms with E-state index in [0.29, 0.717) is 0 Å². The number of hydrogen-bond acceptors (Lipinski definition) is 2. The van der Waals surface area contributed by atoms with Crippen molar-refractivity contribution in [2.24, 2.45) is 0 Å². The fraction of sp³-hybridized carbons (Fsp3) is 1.00. The smallest absolute Gasteiger partial charge is 0.419 e. The first kappa shape index (κ1) is 14.5. The number of alkyl halides is 5. The van der Waals surface area contributed by atoms with Gasteiger partial charge in [-0.25, -0.2) is 4.39 Å². The summed E-state index contributed by atoms with van der Waals surface area (Å²) in [7, 11) is 1.86. The maximum atomic E-state index is 11.3. The standard InChI is InChI=1S/C3H3F5O.H6OSi2/c4-1-2(5,6)3(7,8)9;2-1-3/h9H,1H2;2-3H3. The molecule has 9 heteroatoms. The van der Waals surface area contributed by atoms with Crippen LogP contribution >= 0.6 is 0 Å². The summed E-state index contributed by atoms with van der Waals surface area (Å²) in [6.07, 6.45) is -5.26. The van der Waals surface area contributed by atoms with Crippen LogP contribution in [0.25, 0.3) is 0 Å². The topological polar surface area (TPSA) is 29.5 Å². The zero-order valence-electron chi connectivity index (χ0n) is 6.45. The summed E-state index contributed by atoms with van der Waals surface area (Å²) in [5, 5.41) is 7.22. The highest BCUT2D eigenvalue weighted by Crippen LogP contribution is 2.31. The molecule has 0 bridgehead atoms. The molecular formula is C3H9F5O2Si2.